The van der Waals surface area contributed by atoms with Gasteiger partial charge in [-0.1, -0.05) is 33.6 Å². The molecule has 29 heavy (non-hydrogen) atoms. The van der Waals surface area contributed by atoms with Crippen molar-refractivity contribution < 1.29 is 4.79 Å². The SMILES string of the molecule is CCNC(=NCc1csc(C(C)(C)C)n1)NC1CCN(C(=O)C2CCCC2)C1.I. The van der Waals surface area contributed by atoms with Crippen LogP contribution in [0.1, 0.15) is 70.5 Å². The van der Waals surface area contributed by atoms with Crippen molar-refractivity contribution in [2.45, 2.75) is 77.8 Å². The van der Waals surface area contributed by atoms with Crippen molar-refractivity contribution in [3.8, 4) is 0 Å². The molecule has 1 saturated carbocycles. The number of aliphatic imine (C=N–C) groups is 1. The number of amides is 1. The predicted molar refractivity (Wildman–Crippen MR) is 131 cm³/mol. The molecule has 2 aliphatic rings. The summed E-state index contributed by atoms with van der Waals surface area (Å²) >= 11 is 1.70. The Morgan fingerprint density at radius 3 is 2.66 bits per heavy atom. The molecule has 1 saturated heterocycles. The summed E-state index contributed by atoms with van der Waals surface area (Å²) in [5, 5.41) is 10.1. The minimum absolute atomic E-state index is 0. The molecular weight excluding hydrogens is 497 g/mol. The number of hydrogen-bond acceptors (Lipinski definition) is 4. The highest BCUT2D eigenvalue weighted by Crippen LogP contribution is 2.28. The lowest BCUT2D eigenvalue weighted by Gasteiger charge is -2.21. The zero-order chi connectivity index (χ0) is 20.1. The van der Waals surface area contributed by atoms with Gasteiger partial charge in [0, 0.05) is 42.4 Å². The molecule has 0 aromatic carbocycles. The van der Waals surface area contributed by atoms with Crippen LogP contribution in [0.3, 0.4) is 0 Å². The summed E-state index contributed by atoms with van der Waals surface area (Å²) in [6.07, 6.45) is 5.53. The average molecular weight is 534 g/mol. The topological polar surface area (TPSA) is 69.6 Å². The van der Waals surface area contributed by atoms with Crippen LogP contribution in [0.2, 0.25) is 0 Å². The number of guanidine groups is 1. The van der Waals surface area contributed by atoms with E-state index in [9.17, 15) is 4.79 Å². The van der Waals surface area contributed by atoms with E-state index in [1.54, 1.807) is 11.3 Å². The highest BCUT2D eigenvalue weighted by Gasteiger charge is 2.32. The molecule has 0 spiro atoms. The molecule has 1 aromatic rings. The fourth-order valence-electron chi connectivity index (χ4n) is 3.91. The zero-order valence-corrected chi connectivity index (χ0v) is 21.3. The number of carbonyl (C=O) groups excluding carboxylic acids is 1. The third-order valence-corrected chi connectivity index (χ3v) is 6.80. The van der Waals surface area contributed by atoms with Crippen molar-refractivity contribution in [2.75, 3.05) is 19.6 Å². The Labute approximate surface area is 196 Å². The average Bonchev–Trinajstić information content (AvgIpc) is 3.39. The standard InChI is InChI=1S/C21H35N5OS.HI/c1-5-22-20(23-12-17-14-28-19(24-17)21(2,3)4)25-16-10-11-26(13-16)18(27)15-8-6-7-9-15;/h14-16H,5-13H2,1-4H3,(H2,22,23,25);1H. The molecule has 1 amide bonds. The van der Waals surface area contributed by atoms with Gasteiger partial charge in [0.15, 0.2) is 5.96 Å². The van der Waals surface area contributed by atoms with Crippen molar-refractivity contribution in [3.05, 3.63) is 16.1 Å². The first-order valence-corrected chi connectivity index (χ1v) is 11.5. The van der Waals surface area contributed by atoms with Gasteiger partial charge in [0.25, 0.3) is 0 Å². The summed E-state index contributed by atoms with van der Waals surface area (Å²) in [4.78, 5) is 24.1. The number of hydrogen-bond donors (Lipinski definition) is 2. The van der Waals surface area contributed by atoms with Gasteiger partial charge in [0.2, 0.25) is 5.91 Å². The molecule has 1 atom stereocenters. The summed E-state index contributed by atoms with van der Waals surface area (Å²) in [5.74, 6) is 1.44. The second-order valence-electron chi connectivity index (χ2n) is 8.98. The van der Waals surface area contributed by atoms with Gasteiger partial charge in [-0.3, -0.25) is 4.79 Å². The maximum atomic E-state index is 12.6. The molecule has 2 fully saturated rings. The minimum Gasteiger partial charge on any atom is -0.357 e. The number of nitrogens with one attached hydrogen (secondary N) is 2. The lowest BCUT2D eigenvalue weighted by atomic mass is 9.98. The first-order valence-electron chi connectivity index (χ1n) is 10.7. The Bertz CT molecular complexity index is 693. The molecule has 3 rings (SSSR count). The first kappa shape index (κ1) is 24.4. The summed E-state index contributed by atoms with van der Waals surface area (Å²) in [5.41, 5.74) is 1.09. The summed E-state index contributed by atoms with van der Waals surface area (Å²) in [6, 6.07) is 0.267. The summed E-state index contributed by atoms with van der Waals surface area (Å²) in [6.45, 7) is 11.6. The van der Waals surface area contributed by atoms with E-state index in [4.69, 9.17) is 9.98 Å². The van der Waals surface area contributed by atoms with Crippen molar-refractivity contribution >= 4 is 47.2 Å². The van der Waals surface area contributed by atoms with Crippen LogP contribution < -0.4 is 10.6 Å². The van der Waals surface area contributed by atoms with Crippen LogP contribution in [-0.2, 0) is 16.8 Å². The molecule has 8 heteroatoms. The monoisotopic (exact) mass is 533 g/mol. The van der Waals surface area contributed by atoms with E-state index in [2.05, 4.69) is 43.7 Å². The van der Waals surface area contributed by atoms with E-state index >= 15 is 0 Å². The van der Waals surface area contributed by atoms with Crippen molar-refractivity contribution in [3.63, 3.8) is 0 Å². The van der Waals surface area contributed by atoms with Crippen molar-refractivity contribution in [1.29, 1.82) is 0 Å². The lowest BCUT2D eigenvalue weighted by molar-refractivity contribution is -0.134. The number of rotatable bonds is 5. The van der Waals surface area contributed by atoms with Gasteiger partial charge in [-0.2, -0.15) is 0 Å². The Morgan fingerprint density at radius 2 is 2.03 bits per heavy atom. The molecule has 6 nitrogen and oxygen atoms in total. The van der Waals surface area contributed by atoms with Crippen molar-refractivity contribution in [2.24, 2.45) is 10.9 Å². The maximum Gasteiger partial charge on any atom is 0.225 e. The molecule has 1 aliphatic heterocycles. The highest BCUT2D eigenvalue weighted by molar-refractivity contribution is 14.0. The van der Waals surface area contributed by atoms with Gasteiger partial charge in [-0.15, -0.1) is 35.3 Å². The predicted octanol–water partition coefficient (Wildman–Crippen LogP) is 3.90. The maximum absolute atomic E-state index is 12.6. The number of aromatic nitrogens is 1. The molecule has 2 N–H and O–H groups in total. The van der Waals surface area contributed by atoms with Crippen LogP contribution in [0.15, 0.2) is 10.4 Å². The van der Waals surface area contributed by atoms with E-state index in [1.165, 1.54) is 12.8 Å². The Morgan fingerprint density at radius 1 is 1.31 bits per heavy atom. The molecule has 2 heterocycles. The van der Waals surface area contributed by atoms with E-state index in [0.29, 0.717) is 12.5 Å². The van der Waals surface area contributed by atoms with Gasteiger partial charge in [-0.25, -0.2) is 9.98 Å². The smallest absolute Gasteiger partial charge is 0.225 e. The van der Waals surface area contributed by atoms with Gasteiger partial charge >= 0.3 is 0 Å². The van der Waals surface area contributed by atoms with E-state index in [1.807, 2.05) is 4.90 Å². The van der Waals surface area contributed by atoms with Crippen LogP contribution in [-0.4, -0.2) is 47.4 Å². The second-order valence-corrected chi connectivity index (χ2v) is 9.84. The van der Waals surface area contributed by atoms with E-state index in [-0.39, 0.29) is 41.4 Å². The van der Waals surface area contributed by atoms with E-state index < -0.39 is 0 Å². The molecule has 164 valence electrons. The first-order chi connectivity index (χ1) is 13.4. The number of carbonyl (C=O) groups is 1. The van der Waals surface area contributed by atoms with Gasteiger partial charge in [0.1, 0.15) is 0 Å². The second kappa shape index (κ2) is 10.9. The number of thiazole rings is 1. The van der Waals surface area contributed by atoms with Crippen LogP contribution in [0.4, 0.5) is 0 Å². The highest BCUT2D eigenvalue weighted by atomic mass is 127. The molecular formula is C21H36IN5OS. The normalized spacial score (nSPS) is 20.6. The van der Waals surface area contributed by atoms with Gasteiger partial charge < -0.3 is 15.5 Å². The number of nitrogens with zero attached hydrogens (tertiary/aromatic N) is 3. The molecule has 1 aliphatic carbocycles. The van der Waals surface area contributed by atoms with Crippen LogP contribution in [0.5, 0.6) is 0 Å². The molecule has 1 aromatic heterocycles. The third-order valence-electron chi connectivity index (χ3n) is 5.48. The molecule has 0 radical (unpaired) electrons. The van der Waals surface area contributed by atoms with Crippen molar-refractivity contribution in [1.82, 2.24) is 20.5 Å². The zero-order valence-electron chi connectivity index (χ0n) is 18.2. The number of halogens is 1. The lowest BCUT2D eigenvalue weighted by Crippen LogP contribution is -2.45. The number of likely N-dealkylation sites (tertiary alicyclic amines) is 1. The van der Waals surface area contributed by atoms with E-state index in [0.717, 1.165) is 55.6 Å². The fourth-order valence-corrected chi connectivity index (χ4v) is 4.81. The quantitative estimate of drug-likeness (QED) is 0.342. The fraction of sp³-hybridized carbons (Fsp3) is 0.762. The Balaban J connectivity index is 0.00000300. The Kier molecular flexibility index (Phi) is 9.18. The minimum atomic E-state index is 0. The van der Waals surface area contributed by atoms with Gasteiger partial charge in [-0.05, 0) is 26.2 Å². The molecule has 1 unspecified atom stereocenters. The Hall–Kier alpha value is -0.900. The third kappa shape index (κ3) is 6.80. The molecule has 0 bridgehead atoms. The van der Waals surface area contributed by atoms with Gasteiger partial charge in [0.05, 0.1) is 17.2 Å². The summed E-state index contributed by atoms with van der Waals surface area (Å²) < 4.78 is 0. The largest absolute Gasteiger partial charge is 0.357 e. The summed E-state index contributed by atoms with van der Waals surface area (Å²) in [7, 11) is 0. The van der Waals surface area contributed by atoms with Crippen LogP contribution >= 0.6 is 35.3 Å². The van der Waals surface area contributed by atoms with Crippen LogP contribution in [0.25, 0.3) is 0 Å². The van der Waals surface area contributed by atoms with Crippen LogP contribution in [0, 0.1) is 5.92 Å².